The van der Waals surface area contributed by atoms with Gasteiger partial charge in [-0.1, -0.05) is 26.8 Å². The molecule has 1 atom stereocenters. The molecule has 2 aliphatic heterocycles. The number of amides is 1. The van der Waals surface area contributed by atoms with Crippen molar-refractivity contribution >= 4 is 27.6 Å². The number of likely N-dealkylation sites (tertiary alicyclic amines) is 1. The predicted octanol–water partition coefficient (Wildman–Crippen LogP) is 1.92. The van der Waals surface area contributed by atoms with E-state index in [1.807, 2.05) is 32.9 Å². The van der Waals surface area contributed by atoms with Gasteiger partial charge >= 0.3 is 5.97 Å². The topological polar surface area (TPSA) is 93.2 Å². The van der Waals surface area contributed by atoms with E-state index in [4.69, 9.17) is 9.47 Å². The first-order valence-corrected chi connectivity index (χ1v) is 11.9. The first kappa shape index (κ1) is 22.4. The van der Waals surface area contributed by atoms with Crippen molar-refractivity contribution in [1.29, 1.82) is 0 Å². The fraction of sp³-hybridized carbons (Fsp3) is 0.619. The Morgan fingerprint density at radius 3 is 2.33 bits per heavy atom. The Morgan fingerprint density at radius 2 is 1.80 bits per heavy atom. The highest BCUT2D eigenvalue weighted by molar-refractivity contribution is 7.92. The van der Waals surface area contributed by atoms with Crippen molar-refractivity contribution in [2.75, 3.05) is 37.3 Å². The van der Waals surface area contributed by atoms with E-state index in [1.165, 1.54) is 11.4 Å². The zero-order chi connectivity index (χ0) is 22.3. The number of benzene rings is 1. The molecule has 2 aliphatic rings. The van der Waals surface area contributed by atoms with Gasteiger partial charge in [-0.25, -0.2) is 8.42 Å². The van der Waals surface area contributed by atoms with E-state index < -0.39 is 16.1 Å². The molecule has 9 heteroatoms. The summed E-state index contributed by atoms with van der Waals surface area (Å²) in [5.41, 5.74) is 1.28. The van der Waals surface area contributed by atoms with Crippen molar-refractivity contribution < 1.29 is 27.5 Å². The molecule has 166 valence electrons. The van der Waals surface area contributed by atoms with Crippen LogP contribution in [0, 0.1) is 5.92 Å². The van der Waals surface area contributed by atoms with Crippen LogP contribution in [0.2, 0.25) is 0 Å². The smallest absolute Gasteiger partial charge is 0.308 e. The van der Waals surface area contributed by atoms with Crippen molar-refractivity contribution in [1.82, 2.24) is 4.90 Å². The van der Waals surface area contributed by atoms with Crippen LogP contribution in [0.25, 0.3) is 0 Å². The van der Waals surface area contributed by atoms with Gasteiger partial charge in [-0.05, 0) is 36.0 Å². The second-order valence-electron chi connectivity index (χ2n) is 8.96. The third-order valence-corrected chi connectivity index (χ3v) is 6.86. The van der Waals surface area contributed by atoms with Crippen LogP contribution in [0.3, 0.4) is 0 Å². The Morgan fingerprint density at radius 1 is 1.17 bits per heavy atom. The van der Waals surface area contributed by atoms with Gasteiger partial charge in [0.1, 0.15) is 5.75 Å². The molecule has 1 aromatic rings. The number of hydrogen-bond acceptors (Lipinski definition) is 6. The molecule has 1 fully saturated rings. The first-order valence-electron chi connectivity index (χ1n) is 10.1. The van der Waals surface area contributed by atoms with Crippen LogP contribution in [0.1, 0.15) is 39.2 Å². The lowest BCUT2D eigenvalue weighted by Gasteiger charge is -2.38. The second-order valence-corrected chi connectivity index (χ2v) is 10.9. The zero-order valence-corrected chi connectivity index (χ0v) is 19.0. The number of esters is 1. The summed E-state index contributed by atoms with van der Waals surface area (Å²) in [5.74, 6) is -0.363. The fourth-order valence-electron chi connectivity index (χ4n) is 3.87. The van der Waals surface area contributed by atoms with Gasteiger partial charge in [0, 0.05) is 13.1 Å². The molecule has 1 saturated heterocycles. The molecule has 0 spiro atoms. The molecule has 1 amide bonds. The van der Waals surface area contributed by atoms with Crippen molar-refractivity contribution in [3.8, 4) is 5.75 Å². The zero-order valence-electron chi connectivity index (χ0n) is 18.2. The average Bonchev–Trinajstić information content (AvgIpc) is 2.70. The van der Waals surface area contributed by atoms with E-state index in [-0.39, 0.29) is 29.8 Å². The monoisotopic (exact) mass is 438 g/mol. The van der Waals surface area contributed by atoms with Gasteiger partial charge in [0.15, 0.2) is 6.10 Å². The van der Waals surface area contributed by atoms with Crippen LogP contribution >= 0.6 is 0 Å². The molecule has 8 nitrogen and oxygen atoms in total. The highest BCUT2D eigenvalue weighted by Crippen LogP contribution is 2.39. The van der Waals surface area contributed by atoms with Gasteiger partial charge in [0.25, 0.3) is 5.91 Å². The van der Waals surface area contributed by atoms with E-state index in [0.29, 0.717) is 37.4 Å². The lowest BCUT2D eigenvalue weighted by Crippen LogP contribution is -2.53. The van der Waals surface area contributed by atoms with Gasteiger partial charge < -0.3 is 14.4 Å². The molecule has 30 heavy (non-hydrogen) atoms. The molecule has 0 aliphatic carbocycles. The fourth-order valence-corrected chi connectivity index (χ4v) is 4.77. The standard InChI is InChI=1S/C21H30N2O6S/c1-21(2,3)15-6-7-17-16(12-15)23(30(5,26)27)13-18(29-17)19(24)22-10-8-14(9-11-22)20(25)28-4/h6-7,12,14,18H,8-11,13H2,1-5H3/t18-/m0/s1. The summed E-state index contributed by atoms with van der Waals surface area (Å²) in [6, 6.07) is 5.45. The summed E-state index contributed by atoms with van der Waals surface area (Å²) in [6.45, 7) is 6.89. The summed E-state index contributed by atoms with van der Waals surface area (Å²) < 4.78 is 37.0. The number of anilines is 1. The predicted molar refractivity (Wildman–Crippen MR) is 113 cm³/mol. The van der Waals surface area contributed by atoms with Gasteiger partial charge in [-0.15, -0.1) is 0 Å². The van der Waals surface area contributed by atoms with E-state index in [1.54, 1.807) is 11.0 Å². The Bertz CT molecular complexity index is 929. The molecular formula is C21H30N2O6S. The van der Waals surface area contributed by atoms with Crippen LogP contribution in [0.5, 0.6) is 5.75 Å². The number of nitrogens with zero attached hydrogens (tertiary/aromatic N) is 2. The number of methoxy groups -OCH3 is 1. The number of carbonyl (C=O) groups is 2. The third kappa shape index (κ3) is 4.55. The van der Waals surface area contributed by atoms with Crippen LogP contribution in [-0.2, 0) is 29.8 Å². The van der Waals surface area contributed by atoms with E-state index in [0.717, 1.165) is 11.8 Å². The Kier molecular flexibility index (Phi) is 6.04. The highest BCUT2D eigenvalue weighted by Gasteiger charge is 2.39. The summed E-state index contributed by atoms with van der Waals surface area (Å²) in [4.78, 5) is 26.4. The van der Waals surface area contributed by atoms with Crippen molar-refractivity contribution in [2.24, 2.45) is 5.92 Å². The number of fused-ring (bicyclic) bond motifs is 1. The SMILES string of the molecule is COC(=O)C1CCN(C(=O)[C@@H]2CN(S(C)(=O)=O)c3cc(C(C)(C)C)ccc3O2)CC1. The Hall–Kier alpha value is -2.29. The number of hydrogen-bond donors (Lipinski definition) is 0. The van der Waals surface area contributed by atoms with Crippen molar-refractivity contribution in [3.63, 3.8) is 0 Å². The van der Waals surface area contributed by atoms with E-state index in [9.17, 15) is 18.0 Å². The van der Waals surface area contributed by atoms with Gasteiger partial charge in [-0.2, -0.15) is 0 Å². The average molecular weight is 439 g/mol. The summed E-state index contributed by atoms with van der Waals surface area (Å²) >= 11 is 0. The van der Waals surface area contributed by atoms with Crippen LogP contribution in [0.15, 0.2) is 18.2 Å². The lowest BCUT2D eigenvalue weighted by atomic mass is 9.86. The summed E-state index contributed by atoms with van der Waals surface area (Å²) in [6.07, 6.45) is 1.25. The van der Waals surface area contributed by atoms with Crippen molar-refractivity contribution in [2.45, 2.75) is 45.1 Å². The van der Waals surface area contributed by atoms with Crippen molar-refractivity contribution in [3.05, 3.63) is 23.8 Å². The second kappa shape index (κ2) is 8.09. The number of sulfonamides is 1. The Balaban J connectivity index is 1.82. The van der Waals surface area contributed by atoms with E-state index in [2.05, 4.69) is 0 Å². The molecule has 2 heterocycles. The first-order chi connectivity index (χ1) is 13.9. The Labute approximate surface area is 178 Å². The number of ether oxygens (including phenoxy) is 2. The molecule has 3 rings (SSSR count). The maximum absolute atomic E-state index is 13.1. The summed E-state index contributed by atoms with van der Waals surface area (Å²) in [7, 11) is -2.24. The van der Waals surface area contributed by atoms with Gasteiger partial charge in [-0.3, -0.25) is 13.9 Å². The van der Waals surface area contributed by atoms with E-state index >= 15 is 0 Å². The van der Waals surface area contributed by atoms with Crippen LogP contribution < -0.4 is 9.04 Å². The quantitative estimate of drug-likeness (QED) is 0.670. The summed E-state index contributed by atoms with van der Waals surface area (Å²) in [5, 5.41) is 0. The number of piperidine rings is 1. The number of rotatable bonds is 3. The minimum Gasteiger partial charge on any atom is -0.476 e. The molecule has 0 unspecified atom stereocenters. The molecular weight excluding hydrogens is 408 g/mol. The normalized spacial score (nSPS) is 20.4. The molecule has 0 aromatic heterocycles. The molecule has 0 radical (unpaired) electrons. The lowest BCUT2D eigenvalue weighted by molar-refractivity contribution is -0.150. The molecule has 0 bridgehead atoms. The maximum Gasteiger partial charge on any atom is 0.308 e. The maximum atomic E-state index is 13.1. The molecule has 1 aromatic carbocycles. The van der Waals surface area contributed by atoms with Gasteiger partial charge in [0.05, 0.1) is 31.5 Å². The molecule has 0 N–H and O–H groups in total. The largest absolute Gasteiger partial charge is 0.476 e. The number of carbonyl (C=O) groups excluding carboxylic acids is 2. The minimum absolute atomic E-state index is 0.0742. The molecule has 0 saturated carbocycles. The minimum atomic E-state index is -3.60. The highest BCUT2D eigenvalue weighted by atomic mass is 32.2. The van der Waals surface area contributed by atoms with Crippen LogP contribution in [0.4, 0.5) is 5.69 Å². The third-order valence-electron chi connectivity index (χ3n) is 5.71. The van der Waals surface area contributed by atoms with Crippen LogP contribution in [-0.4, -0.2) is 64.3 Å². The van der Waals surface area contributed by atoms with Gasteiger partial charge in [0.2, 0.25) is 10.0 Å².